The quantitative estimate of drug-likeness (QED) is 0.469. The van der Waals surface area contributed by atoms with Crippen LogP contribution in [0.5, 0.6) is 5.75 Å². The number of aliphatic hydroxyl groups excluding tert-OH is 1. The Morgan fingerprint density at radius 3 is 2.44 bits per heavy atom. The molecule has 2 aromatic rings. The van der Waals surface area contributed by atoms with Gasteiger partial charge >= 0.3 is 5.97 Å². The highest BCUT2D eigenvalue weighted by molar-refractivity contribution is 5.71. The molecule has 0 saturated heterocycles. The topological polar surface area (TPSA) is 67.8 Å². The summed E-state index contributed by atoms with van der Waals surface area (Å²) in [6, 6.07) is 17.9. The summed E-state index contributed by atoms with van der Waals surface area (Å²) in [5.74, 6) is 0.284. The first-order valence-corrected chi connectivity index (χ1v) is 9.42. The van der Waals surface area contributed by atoms with Crippen molar-refractivity contribution in [2.75, 3.05) is 13.2 Å². The Morgan fingerprint density at radius 2 is 1.78 bits per heavy atom. The van der Waals surface area contributed by atoms with E-state index in [9.17, 15) is 9.90 Å². The van der Waals surface area contributed by atoms with E-state index in [1.807, 2.05) is 54.6 Å². The number of benzene rings is 2. The van der Waals surface area contributed by atoms with Crippen molar-refractivity contribution in [1.82, 2.24) is 5.32 Å². The van der Waals surface area contributed by atoms with Gasteiger partial charge in [0.25, 0.3) is 0 Å². The molecule has 0 fully saturated rings. The number of carbonyl (C=O) groups excluding carboxylic acids is 1. The van der Waals surface area contributed by atoms with Gasteiger partial charge < -0.3 is 14.6 Å². The van der Waals surface area contributed by atoms with Crippen LogP contribution in [0.2, 0.25) is 0 Å². The van der Waals surface area contributed by atoms with E-state index in [1.54, 1.807) is 6.92 Å². The lowest BCUT2D eigenvalue weighted by atomic mass is 10.1. The van der Waals surface area contributed by atoms with Crippen molar-refractivity contribution in [2.45, 2.75) is 45.4 Å². The average Bonchev–Trinajstić information content (AvgIpc) is 2.66. The summed E-state index contributed by atoms with van der Waals surface area (Å²) in [4.78, 5) is 11.3. The summed E-state index contributed by atoms with van der Waals surface area (Å²) in [6.45, 7) is 4.12. The van der Waals surface area contributed by atoms with E-state index in [1.165, 1.54) is 5.56 Å². The van der Waals surface area contributed by atoms with Crippen LogP contribution in [0.3, 0.4) is 0 Å². The van der Waals surface area contributed by atoms with Crippen LogP contribution in [-0.4, -0.2) is 36.6 Å². The molecule has 27 heavy (non-hydrogen) atoms. The fourth-order valence-electron chi connectivity index (χ4n) is 2.79. The van der Waals surface area contributed by atoms with Crippen LogP contribution < -0.4 is 10.1 Å². The highest BCUT2D eigenvalue weighted by Gasteiger charge is 2.10. The van der Waals surface area contributed by atoms with Crippen LogP contribution in [0.4, 0.5) is 0 Å². The van der Waals surface area contributed by atoms with Gasteiger partial charge in [-0.1, -0.05) is 42.5 Å². The standard InChI is InChI=1S/C22H29NO4/c1-3-26-22(25)16-27-20-13-11-18(12-14-20)10-9-17(2)23-21(24)15-19-7-5-4-6-8-19/h4-8,11-14,17,21,23-24H,3,9-10,15-16H2,1-2H3/t17-,21-/m1/s1. The van der Waals surface area contributed by atoms with E-state index in [0.29, 0.717) is 18.8 Å². The molecule has 2 rings (SSSR count). The van der Waals surface area contributed by atoms with E-state index in [0.717, 1.165) is 18.4 Å². The number of ether oxygens (including phenoxy) is 2. The average molecular weight is 371 g/mol. The molecule has 5 heteroatoms. The predicted molar refractivity (Wildman–Crippen MR) is 106 cm³/mol. The van der Waals surface area contributed by atoms with Crippen LogP contribution >= 0.6 is 0 Å². The molecule has 5 nitrogen and oxygen atoms in total. The van der Waals surface area contributed by atoms with Crippen molar-refractivity contribution < 1.29 is 19.4 Å². The van der Waals surface area contributed by atoms with Gasteiger partial charge in [-0.15, -0.1) is 0 Å². The molecule has 0 bridgehead atoms. The molecular weight excluding hydrogens is 342 g/mol. The lowest BCUT2D eigenvalue weighted by Gasteiger charge is -2.19. The number of nitrogens with one attached hydrogen (secondary N) is 1. The Labute approximate surface area is 161 Å². The summed E-state index contributed by atoms with van der Waals surface area (Å²) in [5, 5.41) is 13.4. The van der Waals surface area contributed by atoms with E-state index >= 15 is 0 Å². The van der Waals surface area contributed by atoms with Gasteiger partial charge in [0.2, 0.25) is 0 Å². The van der Waals surface area contributed by atoms with Crippen molar-refractivity contribution in [2.24, 2.45) is 0 Å². The summed E-state index contributed by atoms with van der Waals surface area (Å²) < 4.78 is 10.2. The number of esters is 1. The highest BCUT2D eigenvalue weighted by Crippen LogP contribution is 2.14. The first kappa shape index (κ1) is 20.9. The maximum atomic E-state index is 11.3. The second kappa shape index (κ2) is 11.4. The Kier molecular flexibility index (Phi) is 8.81. The van der Waals surface area contributed by atoms with Crippen molar-refractivity contribution in [3.05, 3.63) is 65.7 Å². The molecular formula is C22H29NO4. The van der Waals surface area contributed by atoms with Gasteiger partial charge in [-0.3, -0.25) is 5.32 Å². The van der Waals surface area contributed by atoms with Gasteiger partial charge in [0.05, 0.1) is 6.61 Å². The molecule has 2 aromatic carbocycles. The Morgan fingerprint density at radius 1 is 1.07 bits per heavy atom. The Hall–Kier alpha value is -2.37. The van der Waals surface area contributed by atoms with Gasteiger partial charge in [0, 0.05) is 12.5 Å². The molecule has 0 aromatic heterocycles. The summed E-state index contributed by atoms with van der Waals surface area (Å²) in [7, 11) is 0. The third-order valence-corrected chi connectivity index (χ3v) is 4.20. The number of rotatable bonds is 11. The number of aliphatic hydroxyl groups is 1. The van der Waals surface area contributed by atoms with Crippen LogP contribution in [0.15, 0.2) is 54.6 Å². The number of aryl methyl sites for hydroxylation is 1. The van der Waals surface area contributed by atoms with Gasteiger partial charge in [-0.25, -0.2) is 4.79 Å². The molecule has 0 unspecified atom stereocenters. The number of hydrogen-bond donors (Lipinski definition) is 2. The minimum atomic E-state index is -0.555. The second-order valence-electron chi connectivity index (χ2n) is 6.55. The van der Waals surface area contributed by atoms with Gasteiger partial charge in [0.15, 0.2) is 6.61 Å². The lowest BCUT2D eigenvalue weighted by molar-refractivity contribution is -0.145. The van der Waals surface area contributed by atoms with Gasteiger partial charge in [0.1, 0.15) is 12.0 Å². The SMILES string of the molecule is CCOC(=O)COc1ccc(CC[C@@H](C)N[C@H](O)Cc2ccccc2)cc1. The number of hydrogen-bond acceptors (Lipinski definition) is 5. The minimum Gasteiger partial charge on any atom is -0.482 e. The molecule has 2 N–H and O–H groups in total. The molecule has 146 valence electrons. The fraction of sp³-hybridized carbons (Fsp3) is 0.409. The van der Waals surface area contributed by atoms with Crippen LogP contribution in [0.25, 0.3) is 0 Å². The van der Waals surface area contributed by atoms with Crippen molar-refractivity contribution >= 4 is 5.97 Å². The molecule has 0 spiro atoms. The third-order valence-electron chi connectivity index (χ3n) is 4.20. The number of carbonyl (C=O) groups is 1. The molecule has 0 aliphatic carbocycles. The minimum absolute atomic E-state index is 0.0759. The maximum absolute atomic E-state index is 11.3. The monoisotopic (exact) mass is 371 g/mol. The smallest absolute Gasteiger partial charge is 0.344 e. The molecule has 0 radical (unpaired) electrons. The third kappa shape index (κ3) is 8.24. The highest BCUT2D eigenvalue weighted by atomic mass is 16.6. The van der Waals surface area contributed by atoms with E-state index in [-0.39, 0.29) is 18.6 Å². The van der Waals surface area contributed by atoms with Crippen molar-refractivity contribution in [1.29, 1.82) is 0 Å². The molecule has 0 saturated carbocycles. The first-order chi connectivity index (χ1) is 13.1. The van der Waals surface area contributed by atoms with Gasteiger partial charge in [-0.2, -0.15) is 0 Å². The molecule has 2 atom stereocenters. The van der Waals surface area contributed by atoms with E-state index in [2.05, 4.69) is 12.2 Å². The largest absolute Gasteiger partial charge is 0.482 e. The maximum Gasteiger partial charge on any atom is 0.344 e. The summed E-state index contributed by atoms with van der Waals surface area (Å²) >= 11 is 0. The molecule has 0 amide bonds. The predicted octanol–water partition coefficient (Wildman–Crippen LogP) is 3.10. The Balaban J connectivity index is 1.70. The zero-order valence-electron chi connectivity index (χ0n) is 16.1. The van der Waals surface area contributed by atoms with Crippen LogP contribution in [0.1, 0.15) is 31.4 Å². The Bertz CT molecular complexity index is 672. The normalized spacial score (nSPS) is 13.0. The van der Waals surface area contributed by atoms with Crippen LogP contribution in [0, 0.1) is 0 Å². The fourth-order valence-corrected chi connectivity index (χ4v) is 2.79. The van der Waals surface area contributed by atoms with Gasteiger partial charge in [-0.05, 0) is 49.9 Å². The second-order valence-corrected chi connectivity index (χ2v) is 6.55. The zero-order chi connectivity index (χ0) is 19.5. The van der Waals surface area contributed by atoms with Crippen molar-refractivity contribution in [3.63, 3.8) is 0 Å². The van der Waals surface area contributed by atoms with Crippen LogP contribution in [-0.2, 0) is 22.4 Å². The molecule has 0 heterocycles. The van der Waals surface area contributed by atoms with E-state index in [4.69, 9.17) is 9.47 Å². The lowest BCUT2D eigenvalue weighted by Crippen LogP contribution is -2.38. The van der Waals surface area contributed by atoms with E-state index < -0.39 is 6.23 Å². The first-order valence-electron chi connectivity index (χ1n) is 9.42. The summed E-state index contributed by atoms with van der Waals surface area (Å²) in [5.41, 5.74) is 2.30. The molecule has 0 aliphatic rings. The zero-order valence-corrected chi connectivity index (χ0v) is 16.1. The van der Waals surface area contributed by atoms with Crippen molar-refractivity contribution in [3.8, 4) is 5.75 Å². The molecule has 0 aliphatic heterocycles. The summed E-state index contributed by atoms with van der Waals surface area (Å²) in [6.07, 6.45) is 1.85.